The minimum Gasteiger partial charge on any atom is -0.481 e. The minimum absolute atomic E-state index is 0.0427. The van der Waals surface area contributed by atoms with Gasteiger partial charge in [-0.05, 0) is 53.8 Å². The topological polar surface area (TPSA) is 161 Å². The number of unbranched alkanes of at least 4 members (excludes halogenated alkanes) is 2. The van der Waals surface area contributed by atoms with Crippen molar-refractivity contribution in [1.82, 2.24) is 10.0 Å². The Balaban J connectivity index is 1.95. The number of carbonyl (C=O) groups excluding carboxylic acids is 1. The molecule has 2 aromatic carbocycles. The number of carboxylic acid groups (broad SMARTS) is 1. The molecule has 0 aliphatic rings. The molecule has 0 aliphatic carbocycles. The maximum atomic E-state index is 12.6. The largest absolute Gasteiger partial charge is 0.481 e. The van der Waals surface area contributed by atoms with E-state index >= 15 is 0 Å². The van der Waals surface area contributed by atoms with Gasteiger partial charge < -0.3 is 10.4 Å². The third-order valence-corrected chi connectivity index (χ3v) is 6.52. The normalized spacial score (nSPS) is 11.9. The molecule has 1 atom stereocenters. The predicted molar refractivity (Wildman–Crippen MR) is 128 cm³/mol. The van der Waals surface area contributed by atoms with Crippen molar-refractivity contribution >= 4 is 21.9 Å². The summed E-state index contributed by atoms with van der Waals surface area (Å²) in [5.41, 5.74) is 10.4. The Morgan fingerprint density at radius 2 is 1.71 bits per heavy atom. The number of aryl methyl sites for hydroxylation is 1. The zero-order valence-corrected chi connectivity index (χ0v) is 19.8. The van der Waals surface area contributed by atoms with Crippen molar-refractivity contribution < 1.29 is 23.1 Å². The molecule has 182 valence electrons. The van der Waals surface area contributed by atoms with Crippen LogP contribution in [0.2, 0.25) is 0 Å². The summed E-state index contributed by atoms with van der Waals surface area (Å²) in [5.74, 6) is -1.65. The number of amides is 1. The van der Waals surface area contributed by atoms with Gasteiger partial charge in [0.05, 0.1) is 11.3 Å². The summed E-state index contributed by atoms with van der Waals surface area (Å²) in [6.45, 7) is 1.99. The fourth-order valence-corrected chi connectivity index (χ4v) is 4.24. The number of carboxylic acids is 1. The van der Waals surface area contributed by atoms with Gasteiger partial charge in [0.1, 0.15) is 0 Å². The van der Waals surface area contributed by atoms with Gasteiger partial charge in [0.15, 0.2) is 0 Å². The molecule has 0 unspecified atom stereocenters. The maximum Gasteiger partial charge on any atom is 0.305 e. The van der Waals surface area contributed by atoms with Crippen LogP contribution < -0.4 is 10.0 Å². The van der Waals surface area contributed by atoms with E-state index in [4.69, 9.17) is 10.6 Å². The first-order chi connectivity index (χ1) is 16.2. The quantitative estimate of drug-likeness (QED) is 0.160. The molecule has 10 nitrogen and oxygen atoms in total. The molecule has 3 N–H and O–H groups in total. The van der Waals surface area contributed by atoms with E-state index < -0.39 is 27.9 Å². The fraction of sp³-hybridized carbons (Fsp3) is 0.391. The number of azide groups is 1. The van der Waals surface area contributed by atoms with E-state index in [-0.39, 0.29) is 30.0 Å². The van der Waals surface area contributed by atoms with E-state index in [1.807, 2.05) is 12.1 Å². The van der Waals surface area contributed by atoms with Gasteiger partial charge in [-0.2, -0.15) is 0 Å². The molecular weight excluding hydrogens is 458 g/mol. The van der Waals surface area contributed by atoms with Crippen LogP contribution in [0.3, 0.4) is 0 Å². The molecule has 2 aromatic rings. The summed E-state index contributed by atoms with van der Waals surface area (Å²) in [6, 6.07) is 12.2. The number of hydrogen-bond acceptors (Lipinski definition) is 5. The van der Waals surface area contributed by atoms with Crippen LogP contribution in [0.15, 0.2) is 58.5 Å². The number of nitrogens with zero attached hydrogens (tertiary/aromatic N) is 3. The second kappa shape index (κ2) is 13.3. The summed E-state index contributed by atoms with van der Waals surface area (Å²) >= 11 is 0. The van der Waals surface area contributed by atoms with Gasteiger partial charge in [0.25, 0.3) is 5.91 Å². The number of rotatable bonds is 14. The van der Waals surface area contributed by atoms with E-state index in [1.54, 1.807) is 24.3 Å². The van der Waals surface area contributed by atoms with Gasteiger partial charge in [-0.25, -0.2) is 13.1 Å². The first kappa shape index (κ1) is 26.8. The van der Waals surface area contributed by atoms with Gasteiger partial charge in [0.2, 0.25) is 10.0 Å². The molecule has 0 saturated carbocycles. The Morgan fingerprint density at radius 3 is 2.29 bits per heavy atom. The summed E-state index contributed by atoms with van der Waals surface area (Å²) in [7, 11) is -3.69. The Morgan fingerprint density at radius 1 is 1.06 bits per heavy atom. The second-order valence-corrected chi connectivity index (χ2v) is 9.57. The highest BCUT2D eigenvalue weighted by Crippen LogP contribution is 2.14. The number of carbonyl (C=O) groups is 2. The molecule has 34 heavy (non-hydrogen) atoms. The van der Waals surface area contributed by atoms with E-state index in [1.165, 1.54) is 12.1 Å². The highest BCUT2D eigenvalue weighted by Gasteiger charge is 2.17. The monoisotopic (exact) mass is 487 g/mol. The first-order valence-electron chi connectivity index (χ1n) is 11.0. The van der Waals surface area contributed by atoms with Crippen molar-refractivity contribution in [3.05, 3.63) is 75.7 Å². The summed E-state index contributed by atoms with van der Waals surface area (Å²) in [5, 5.41) is 14.8. The maximum absolute atomic E-state index is 12.6. The minimum atomic E-state index is -3.69. The molecule has 2 rings (SSSR count). The summed E-state index contributed by atoms with van der Waals surface area (Å²) in [4.78, 5) is 26.1. The Hall–Kier alpha value is -3.40. The smallest absolute Gasteiger partial charge is 0.305 e. The van der Waals surface area contributed by atoms with Crippen molar-refractivity contribution in [2.75, 3.05) is 6.54 Å². The zero-order valence-electron chi connectivity index (χ0n) is 19.0. The lowest BCUT2D eigenvalue weighted by Crippen LogP contribution is -2.38. The van der Waals surface area contributed by atoms with Crippen LogP contribution in [-0.4, -0.2) is 38.0 Å². The Bertz CT molecular complexity index is 1110. The standard InChI is InChI=1S/C23H29N5O5S/c1-2-3-4-5-17-8-12-21(13-9-17)34(32,33)26-15-18-6-10-19(11-7-18)23(31)27-20(14-22(29)30)16-25-28-24/h6-13,20,26H,2-5,14-16H2,1H3,(H,27,31)(H,29,30)/t20-/m0/s1. The third-order valence-electron chi connectivity index (χ3n) is 5.11. The lowest BCUT2D eigenvalue weighted by atomic mass is 10.1. The van der Waals surface area contributed by atoms with E-state index in [9.17, 15) is 18.0 Å². The predicted octanol–water partition coefficient (Wildman–Crippen LogP) is 3.78. The second-order valence-electron chi connectivity index (χ2n) is 7.80. The van der Waals surface area contributed by atoms with Crippen LogP contribution in [0.25, 0.3) is 10.4 Å². The average molecular weight is 488 g/mol. The molecule has 0 aliphatic heterocycles. The lowest BCUT2D eigenvalue weighted by molar-refractivity contribution is -0.137. The molecule has 0 aromatic heterocycles. The van der Waals surface area contributed by atoms with E-state index in [0.29, 0.717) is 5.56 Å². The third kappa shape index (κ3) is 8.86. The fourth-order valence-electron chi connectivity index (χ4n) is 3.23. The Labute approximate surface area is 199 Å². The molecule has 0 bridgehead atoms. The number of sulfonamides is 1. The molecule has 0 radical (unpaired) electrons. The highest BCUT2D eigenvalue weighted by atomic mass is 32.2. The van der Waals surface area contributed by atoms with Crippen LogP contribution >= 0.6 is 0 Å². The van der Waals surface area contributed by atoms with Gasteiger partial charge in [-0.1, -0.05) is 49.1 Å². The molecule has 0 spiro atoms. The van der Waals surface area contributed by atoms with Gasteiger partial charge in [-0.3, -0.25) is 9.59 Å². The van der Waals surface area contributed by atoms with Crippen molar-refractivity contribution in [1.29, 1.82) is 0 Å². The summed E-state index contributed by atoms with van der Waals surface area (Å²) in [6.07, 6.45) is 3.88. The van der Waals surface area contributed by atoms with Crippen LogP contribution in [-0.2, 0) is 27.8 Å². The van der Waals surface area contributed by atoms with Crippen molar-refractivity contribution in [3.63, 3.8) is 0 Å². The molecule has 11 heteroatoms. The van der Waals surface area contributed by atoms with E-state index in [2.05, 4.69) is 27.0 Å². The number of hydrogen-bond donors (Lipinski definition) is 3. The van der Waals surface area contributed by atoms with Gasteiger partial charge in [-0.15, -0.1) is 0 Å². The van der Waals surface area contributed by atoms with Gasteiger partial charge >= 0.3 is 5.97 Å². The highest BCUT2D eigenvalue weighted by molar-refractivity contribution is 7.89. The van der Waals surface area contributed by atoms with Crippen LogP contribution in [0.5, 0.6) is 0 Å². The van der Waals surface area contributed by atoms with Crippen molar-refractivity contribution in [2.45, 2.75) is 56.5 Å². The summed E-state index contributed by atoms with van der Waals surface area (Å²) < 4.78 is 27.7. The first-order valence-corrected chi connectivity index (χ1v) is 12.4. The van der Waals surface area contributed by atoms with Crippen LogP contribution in [0, 0.1) is 0 Å². The van der Waals surface area contributed by atoms with Crippen molar-refractivity contribution in [2.24, 2.45) is 5.11 Å². The zero-order chi connectivity index (χ0) is 25.0. The van der Waals surface area contributed by atoms with Crippen LogP contribution in [0.1, 0.15) is 54.1 Å². The molecule has 0 fully saturated rings. The molecule has 0 heterocycles. The molecular formula is C23H29N5O5S. The van der Waals surface area contributed by atoms with Crippen LogP contribution in [0.4, 0.5) is 0 Å². The Kier molecular flexibility index (Phi) is 10.5. The number of aliphatic carboxylic acids is 1. The van der Waals surface area contributed by atoms with Gasteiger partial charge in [0, 0.05) is 29.6 Å². The SMILES string of the molecule is CCCCCc1ccc(S(=O)(=O)NCc2ccc(C(=O)N[C@H](CN=[N+]=[N-])CC(=O)O)cc2)cc1. The molecule has 0 saturated heterocycles. The molecule has 1 amide bonds. The average Bonchev–Trinajstić information content (AvgIpc) is 2.82. The van der Waals surface area contributed by atoms with Crippen molar-refractivity contribution in [3.8, 4) is 0 Å². The number of nitrogens with one attached hydrogen (secondary N) is 2. The number of benzene rings is 2. The van der Waals surface area contributed by atoms with E-state index in [0.717, 1.165) is 31.2 Å². The lowest BCUT2D eigenvalue weighted by Gasteiger charge is -2.14.